The Labute approximate surface area is 122 Å². The van der Waals surface area contributed by atoms with Gasteiger partial charge < -0.3 is 5.73 Å². The third-order valence-corrected chi connectivity index (χ3v) is 4.80. The number of benzene rings is 2. The van der Waals surface area contributed by atoms with Crippen LogP contribution < -0.4 is 5.73 Å². The largest absolute Gasteiger partial charge is 0.326 e. The van der Waals surface area contributed by atoms with Crippen LogP contribution in [0.4, 0.5) is 0 Å². The first-order valence-corrected chi connectivity index (χ1v) is 7.51. The molecular weight excluding hydrogens is 362 g/mol. The van der Waals surface area contributed by atoms with Gasteiger partial charge in [0.1, 0.15) is 0 Å². The summed E-state index contributed by atoms with van der Waals surface area (Å²) in [6.45, 7) is 0.571. The maximum Gasteiger partial charge on any atom is 0.0318 e. The fourth-order valence-electron chi connectivity index (χ4n) is 1.38. The van der Waals surface area contributed by atoms with Crippen LogP contribution in [0.3, 0.4) is 0 Å². The molecule has 0 saturated carbocycles. The van der Waals surface area contributed by atoms with E-state index in [1.54, 1.807) is 11.8 Å². The summed E-state index contributed by atoms with van der Waals surface area (Å²) >= 11 is 8.74. The van der Waals surface area contributed by atoms with Crippen LogP contribution in [-0.2, 0) is 6.54 Å². The number of rotatable bonds is 3. The summed E-state index contributed by atoms with van der Waals surface area (Å²) in [5.41, 5.74) is 6.74. The van der Waals surface area contributed by atoms with Crippen molar-refractivity contribution in [2.45, 2.75) is 16.3 Å². The predicted molar refractivity (Wildman–Crippen MR) is 80.3 cm³/mol. The van der Waals surface area contributed by atoms with Gasteiger partial charge in [-0.05, 0) is 57.9 Å². The summed E-state index contributed by atoms with van der Waals surface area (Å²) in [6.07, 6.45) is 0. The quantitative estimate of drug-likeness (QED) is 0.835. The first-order chi connectivity index (χ1) is 8.19. The molecule has 0 atom stereocenters. The molecule has 0 unspecified atom stereocenters. The first-order valence-electron chi connectivity index (χ1n) is 5.11. The third kappa shape index (κ3) is 3.58. The Morgan fingerprint density at radius 1 is 1.00 bits per heavy atom. The van der Waals surface area contributed by atoms with Crippen LogP contribution in [0, 0.1) is 0 Å². The fraction of sp³-hybridized carbons (Fsp3) is 0.0769. The predicted octanol–water partition coefficient (Wildman–Crippen LogP) is 4.82. The van der Waals surface area contributed by atoms with E-state index in [-0.39, 0.29) is 0 Å². The van der Waals surface area contributed by atoms with Crippen LogP contribution in [0.25, 0.3) is 0 Å². The first kappa shape index (κ1) is 13.1. The van der Waals surface area contributed by atoms with Crippen molar-refractivity contribution < 1.29 is 0 Å². The minimum absolute atomic E-state index is 0.571. The van der Waals surface area contributed by atoms with Crippen LogP contribution in [0.1, 0.15) is 5.56 Å². The maximum absolute atomic E-state index is 5.61. The molecule has 88 valence electrons. The molecule has 4 heteroatoms. The van der Waals surface area contributed by atoms with E-state index in [1.807, 2.05) is 12.1 Å². The van der Waals surface area contributed by atoms with Crippen LogP contribution >= 0.6 is 43.6 Å². The molecule has 0 amide bonds. The van der Waals surface area contributed by atoms with Gasteiger partial charge in [0, 0.05) is 25.3 Å². The zero-order valence-corrected chi connectivity index (χ0v) is 13.0. The molecule has 0 aliphatic rings. The average Bonchev–Trinajstić information content (AvgIpc) is 2.34. The highest BCUT2D eigenvalue weighted by atomic mass is 79.9. The van der Waals surface area contributed by atoms with E-state index < -0.39 is 0 Å². The van der Waals surface area contributed by atoms with E-state index in [0.29, 0.717) is 6.54 Å². The van der Waals surface area contributed by atoms with Crippen molar-refractivity contribution in [3.8, 4) is 0 Å². The summed E-state index contributed by atoms with van der Waals surface area (Å²) in [7, 11) is 0. The van der Waals surface area contributed by atoms with E-state index in [9.17, 15) is 0 Å². The van der Waals surface area contributed by atoms with Crippen molar-refractivity contribution in [2.24, 2.45) is 5.73 Å². The number of nitrogens with two attached hydrogens (primary N) is 1. The summed E-state index contributed by atoms with van der Waals surface area (Å²) in [6, 6.07) is 14.5. The van der Waals surface area contributed by atoms with Gasteiger partial charge in [-0.1, -0.05) is 33.8 Å². The van der Waals surface area contributed by atoms with Gasteiger partial charge in [0.15, 0.2) is 0 Å². The Hall–Kier alpha value is -0.290. The van der Waals surface area contributed by atoms with Gasteiger partial charge in [-0.15, -0.1) is 0 Å². The molecule has 0 aliphatic heterocycles. The van der Waals surface area contributed by atoms with Crippen LogP contribution in [0.15, 0.2) is 61.2 Å². The lowest BCUT2D eigenvalue weighted by Crippen LogP contribution is -1.95. The van der Waals surface area contributed by atoms with Gasteiger partial charge in [-0.3, -0.25) is 0 Å². The van der Waals surface area contributed by atoms with E-state index in [0.717, 1.165) is 14.5 Å². The highest BCUT2D eigenvalue weighted by molar-refractivity contribution is 9.10. The second-order valence-electron chi connectivity index (χ2n) is 3.52. The molecule has 0 bridgehead atoms. The van der Waals surface area contributed by atoms with Gasteiger partial charge >= 0.3 is 0 Å². The zero-order chi connectivity index (χ0) is 12.3. The molecule has 0 fully saturated rings. The summed E-state index contributed by atoms with van der Waals surface area (Å²) in [5.74, 6) is 0. The van der Waals surface area contributed by atoms with Crippen LogP contribution in [0.5, 0.6) is 0 Å². The van der Waals surface area contributed by atoms with E-state index in [4.69, 9.17) is 5.73 Å². The Balaban J connectivity index is 2.21. The lowest BCUT2D eigenvalue weighted by Gasteiger charge is -2.06. The van der Waals surface area contributed by atoms with Crippen LogP contribution in [-0.4, -0.2) is 0 Å². The Bertz CT molecular complexity index is 511. The van der Waals surface area contributed by atoms with Gasteiger partial charge in [-0.25, -0.2) is 0 Å². The van der Waals surface area contributed by atoms with Crippen molar-refractivity contribution in [3.05, 3.63) is 57.0 Å². The molecule has 2 rings (SSSR count). The third-order valence-electron chi connectivity index (χ3n) is 2.27. The topological polar surface area (TPSA) is 26.0 Å². The molecule has 0 heterocycles. The molecule has 2 N–H and O–H groups in total. The lowest BCUT2D eigenvalue weighted by molar-refractivity contribution is 1.06. The van der Waals surface area contributed by atoms with Gasteiger partial charge in [0.25, 0.3) is 0 Å². The molecule has 17 heavy (non-hydrogen) atoms. The standard InChI is InChI=1S/C13H11Br2NS/c14-10-2-4-11(5-3-10)17-13-6-1-9(8-16)7-12(13)15/h1-7H,8,16H2. The molecule has 2 aromatic carbocycles. The SMILES string of the molecule is NCc1ccc(Sc2ccc(Br)cc2)c(Br)c1. The molecule has 1 nitrogen and oxygen atoms in total. The number of halogens is 2. The Morgan fingerprint density at radius 3 is 2.29 bits per heavy atom. The average molecular weight is 373 g/mol. The van der Waals surface area contributed by atoms with Crippen molar-refractivity contribution in [3.63, 3.8) is 0 Å². The van der Waals surface area contributed by atoms with Crippen LogP contribution in [0.2, 0.25) is 0 Å². The summed E-state index contributed by atoms with van der Waals surface area (Å²) in [4.78, 5) is 2.42. The van der Waals surface area contributed by atoms with Crippen molar-refractivity contribution in [1.82, 2.24) is 0 Å². The molecule has 0 aromatic heterocycles. The van der Waals surface area contributed by atoms with Crippen molar-refractivity contribution in [2.75, 3.05) is 0 Å². The maximum atomic E-state index is 5.61. The Kier molecular flexibility index (Phi) is 4.68. The lowest BCUT2D eigenvalue weighted by atomic mass is 10.2. The molecule has 0 spiro atoms. The smallest absolute Gasteiger partial charge is 0.0318 e. The van der Waals surface area contributed by atoms with Crippen molar-refractivity contribution in [1.29, 1.82) is 0 Å². The highest BCUT2D eigenvalue weighted by Crippen LogP contribution is 2.34. The molecule has 0 aliphatic carbocycles. The zero-order valence-electron chi connectivity index (χ0n) is 8.99. The summed E-state index contributed by atoms with van der Waals surface area (Å²) < 4.78 is 2.19. The van der Waals surface area contributed by atoms with E-state index in [1.165, 1.54) is 9.79 Å². The van der Waals surface area contributed by atoms with E-state index in [2.05, 4.69) is 62.2 Å². The highest BCUT2D eigenvalue weighted by Gasteiger charge is 2.03. The second-order valence-corrected chi connectivity index (χ2v) is 6.41. The Morgan fingerprint density at radius 2 is 1.71 bits per heavy atom. The second kappa shape index (κ2) is 6.05. The van der Waals surface area contributed by atoms with Gasteiger partial charge in [0.05, 0.1) is 0 Å². The van der Waals surface area contributed by atoms with Gasteiger partial charge in [-0.2, -0.15) is 0 Å². The number of hydrogen-bond acceptors (Lipinski definition) is 2. The van der Waals surface area contributed by atoms with Crippen molar-refractivity contribution >= 4 is 43.6 Å². The fourth-order valence-corrected chi connectivity index (χ4v) is 3.14. The molecular formula is C13H11Br2NS. The minimum Gasteiger partial charge on any atom is -0.326 e. The summed E-state index contributed by atoms with van der Waals surface area (Å²) in [5, 5.41) is 0. The number of hydrogen-bond donors (Lipinski definition) is 1. The van der Waals surface area contributed by atoms with E-state index >= 15 is 0 Å². The molecule has 0 saturated heterocycles. The molecule has 0 radical (unpaired) electrons. The minimum atomic E-state index is 0.571. The molecule has 2 aromatic rings. The van der Waals surface area contributed by atoms with Gasteiger partial charge in [0.2, 0.25) is 0 Å². The monoisotopic (exact) mass is 371 g/mol. The normalized spacial score (nSPS) is 10.5.